The van der Waals surface area contributed by atoms with Crippen molar-refractivity contribution in [2.75, 3.05) is 13.1 Å². The molecule has 0 saturated heterocycles. The summed E-state index contributed by atoms with van der Waals surface area (Å²) >= 11 is 0. The first-order chi connectivity index (χ1) is 9.71. The van der Waals surface area contributed by atoms with Gasteiger partial charge in [0.15, 0.2) is 0 Å². The van der Waals surface area contributed by atoms with Crippen LogP contribution >= 0.6 is 0 Å². The monoisotopic (exact) mass is 329 g/mol. The molecule has 1 aliphatic rings. The summed E-state index contributed by atoms with van der Waals surface area (Å²) in [6.45, 7) is 6.02. The van der Waals surface area contributed by atoms with Crippen LogP contribution in [0.4, 0.5) is 13.2 Å². The lowest BCUT2D eigenvalue weighted by Gasteiger charge is -2.33. The Labute approximate surface area is 124 Å². The molecule has 0 spiro atoms. The summed E-state index contributed by atoms with van der Waals surface area (Å²) in [6.07, 6.45) is 4.82. The van der Waals surface area contributed by atoms with Gasteiger partial charge >= 0.3 is 15.6 Å². The van der Waals surface area contributed by atoms with Crippen molar-refractivity contribution in [2.24, 2.45) is 0 Å². The van der Waals surface area contributed by atoms with Gasteiger partial charge < -0.3 is 9.08 Å². The number of rotatable bonds is 7. The summed E-state index contributed by atoms with van der Waals surface area (Å²) in [5.41, 5.74) is -5.37. The molecule has 0 saturated carbocycles. The molecule has 0 heterocycles. The van der Waals surface area contributed by atoms with Crippen LogP contribution in [0.25, 0.3) is 0 Å². The predicted molar refractivity (Wildman–Crippen MR) is 73.9 cm³/mol. The topological polar surface area (TPSA) is 46.6 Å². The summed E-state index contributed by atoms with van der Waals surface area (Å²) in [5, 5.41) is 0. The molecule has 21 heavy (non-hydrogen) atoms. The van der Waals surface area contributed by atoms with Crippen LogP contribution in [0.3, 0.4) is 0 Å². The van der Waals surface area contributed by atoms with E-state index in [4.69, 9.17) is 0 Å². The highest BCUT2D eigenvalue weighted by Crippen LogP contribution is 2.30. The Morgan fingerprint density at radius 2 is 1.86 bits per heavy atom. The van der Waals surface area contributed by atoms with Crippen LogP contribution in [-0.4, -0.2) is 38.0 Å². The zero-order valence-electron chi connectivity index (χ0n) is 12.3. The first-order valence-electron chi connectivity index (χ1n) is 7.15. The molecule has 0 aromatic heterocycles. The van der Waals surface area contributed by atoms with Gasteiger partial charge in [-0.1, -0.05) is 13.8 Å². The molecule has 4 nitrogen and oxygen atoms in total. The highest BCUT2D eigenvalue weighted by Gasteiger charge is 2.49. The van der Waals surface area contributed by atoms with Gasteiger partial charge in [-0.25, -0.2) is 0 Å². The van der Waals surface area contributed by atoms with Crippen LogP contribution in [0.2, 0.25) is 0 Å². The lowest BCUT2D eigenvalue weighted by atomic mass is 9.98. The molecule has 8 heteroatoms. The van der Waals surface area contributed by atoms with E-state index in [2.05, 4.69) is 22.9 Å². The first kappa shape index (κ1) is 18.3. The van der Waals surface area contributed by atoms with E-state index >= 15 is 0 Å². The van der Waals surface area contributed by atoms with Gasteiger partial charge in [0, 0.05) is 12.5 Å². The first-order valence-corrected chi connectivity index (χ1v) is 8.56. The third-order valence-corrected chi connectivity index (χ3v) is 4.38. The number of nitrogens with zero attached hydrogens (tertiary/aromatic N) is 1. The van der Waals surface area contributed by atoms with E-state index in [1.165, 1.54) is 6.08 Å². The molecule has 1 aliphatic carbocycles. The zero-order valence-corrected chi connectivity index (χ0v) is 13.1. The van der Waals surface area contributed by atoms with Crippen LogP contribution in [0, 0.1) is 0 Å². The summed E-state index contributed by atoms with van der Waals surface area (Å²) in [6, 6.07) is 0.242. The molecule has 0 amide bonds. The molecule has 0 bridgehead atoms. The molecule has 1 atom stereocenters. The minimum Gasteiger partial charge on any atom is -0.381 e. The molecular formula is C13H22F3NO3S. The second-order valence-corrected chi connectivity index (χ2v) is 6.66. The molecule has 1 rings (SSSR count). The Balaban J connectivity index is 2.65. The Morgan fingerprint density at radius 1 is 1.29 bits per heavy atom. The molecule has 0 aromatic carbocycles. The van der Waals surface area contributed by atoms with Crippen molar-refractivity contribution in [1.29, 1.82) is 0 Å². The fraction of sp³-hybridized carbons (Fsp3) is 0.846. The minimum atomic E-state index is -5.54. The van der Waals surface area contributed by atoms with E-state index < -0.39 is 15.6 Å². The Hall–Kier alpha value is -0.760. The van der Waals surface area contributed by atoms with Gasteiger partial charge in [0.25, 0.3) is 0 Å². The van der Waals surface area contributed by atoms with Crippen molar-refractivity contribution in [3.8, 4) is 0 Å². The molecule has 124 valence electrons. The Morgan fingerprint density at radius 3 is 2.24 bits per heavy atom. The number of allylic oxidation sites excluding steroid dienone is 1. The van der Waals surface area contributed by atoms with Gasteiger partial charge in [-0.2, -0.15) is 21.6 Å². The van der Waals surface area contributed by atoms with Crippen LogP contribution in [0.1, 0.15) is 46.0 Å². The SMILES string of the molecule is CCCN(CCC)C1CC=C(OS(=O)(=O)C(F)(F)F)CC1. The van der Waals surface area contributed by atoms with E-state index in [0.29, 0.717) is 12.8 Å². The smallest absolute Gasteiger partial charge is 0.381 e. The second-order valence-electron chi connectivity index (χ2n) is 5.12. The fourth-order valence-electron chi connectivity index (χ4n) is 2.44. The molecule has 0 radical (unpaired) electrons. The minimum absolute atomic E-state index is 0.100. The highest BCUT2D eigenvalue weighted by atomic mass is 32.2. The lowest BCUT2D eigenvalue weighted by molar-refractivity contribution is -0.0525. The van der Waals surface area contributed by atoms with Crippen molar-refractivity contribution in [1.82, 2.24) is 4.90 Å². The molecule has 0 aliphatic heterocycles. The maximum Gasteiger partial charge on any atom is 0.534 e. The molecule has 1 unspecified atom stereocenters. The largest absolute Gasteiger partial charge is 0.534 e. The van der Waals surface area contributed by atoms with Crippen LogP contribution in [0.15, 0.2) is 11.8 Å². The van der Waals surface area contributed by atoms with Gasteiger partial charge in [-0.05, 0) is 44.8 Å². The van der Waals surface area contributed by atoms with E-state index in [0.717, 1.165) is 25.9 Å². The maximum atomic E-state index is 12.2. The second kappa shape index (κ2) is 7.49. The third-order valence-electron chi connectivity index (χ3n) is 3.38. The number of alkyl halides is 3. The van der Waals surface area contributed by atoms with Crippen LogP contribution < -0.4 is 0 Å². The third kappa shape index (κ3) is 5.18. The number of halogens is 3. The van der Waals surface area contributed by atoms with Gasteiger partial charge in [0.1, 0.15) is 5.76 Å². The van der Waals surface area contributed by atoms with Crippen molar-refractivity contribution in [2.45, 2.75) is 57.5 Å². The normalized spacial score (nSPS) is 20.5. The van der Waals surface area contributed by atoms with E-state index in [9.17, 15) is 21.6 Å². The van der Waals surface area contributed by atoms with Crippen LogP contribution in [-0.2, 0) is 14.3 Å². The van der Waals surface area contributed by atoms with Crippen molar-refractivity contribution in [3.05, 3.63) is 11.8 Å². The summed E-state index contributed by atoms with van der Waals surface area (Å²) in [5.74, 6) is -0.100. The van der Waals surface area contributed by atoms with Gasteiger partial charge in [-0.15, -0.1) is 0 Å². The van der Waals surface area contributed by atoms with Crippen molar-refractivity contribution < 1.29 is 25.8 Å². The number of hydrogen-bond donors (Lipinski definition) is 0. The molecule has 0 N–H and O–H groups in total. The van der Waals surface area contributed by atoms with Crippen molar-refractivity contribution >= 4 is 10.1 Å². The van der Waals surface area contributed by atoms with Crippen LogP contribution in [0.5, 0.6) is 0 Å². The highest BCUT2D eigenvalue weighted by molar-refractivity contribution is 7.87. The number of hydrogen-bond acceptors (Lipinski definition) is 4. The van der Waals surface area contributed by atoms with E-state index in [1.807, 2.05) is 0 Å². The van der Waals surface area contributed by atoms with E-state index in [-0.39, 0.29) is 18.2 Å². The standard InChI is InChI=1S/C13H22F3NO3S/c1-3-9-17(10-4-2)11-5-7-12(8-6-11)20-21(18,19)13(14,15)16/h7,11H,3-6,8-10H2,1-2H3. The molecule has 0 aromatic rings. The lowest BCUT2D eigenvalue weighted by Crippen LogP contribution is -2.38. The van der Waals surface area contributed by atoms with Crippen molar-refractivity contribution in [3.63, 3.8) is 0 Å². The zero-order chi connectivity index (χ0) is 16.1. The maximum absolute atomic E-state index is 12.2. The van der Waals surface area contributed by atoms with E-state index in [1.54, 1.807) is 0 Å². The molecular weight excluding hydrogens is 307 g/mol. The average molecular weight is 329 g/mol. The quantitative estimate of drug-likeness (QED) is 0.530. The summed E-state index contributed by atoms with van der Waals surface area (Å²) in [7, 11) is -5.54. The van der Waals surface area contributed by atoms with Gasteiger partial charge in [0.05, 0.1) is 0 Å². The average Bonchev–Trinajstić information content (AvgIpc) is 2.38. The fourth-order valence-corrected chi connectivity index (χ4v) is 2.97. The Kier molecular flexibility index (Phi) is 6.52. The summed E-state index contributed by atoms with van der Waals surface area (Å²) in [4.78, 5) is 2.30. The van der Waals surface area contributed by atoms with Gasteiger partial charge in [0.2, 0.25) is 0 Å². The molecule has 0 fully saturated rings. The summed E-state index contributed by atoms with van der Waals surface area (Å²) < 4.78 is 62.8. The Bertz CT molecular complexity index is 454. The van der Waals surface area contributed by atoms with Gasteiger partial charge in [-0.3, -0.25) is 0 Å². The predicted octanol–water partition coefficient (Wildman–Crippen LogP) is 3.41.